The number of nitrogens with two attached hydrogens (primary N) is 1. The van der Waals surface area contributed by atoms with Crippen LogP contribution in [0.4, 0.5) is 0 Å². The van der Waals surface area contributed by atoms with Crippen molar-refractivity contribution >= 4 is 29.3 Å². The summed E-state index contributed by atoms with van der Waals surface area (Å²) in [5, 5.41) is 0.755. The van der Waals surface area contributed by atoms with Gasteiger partial charge in [-0.25, -0.2) is 0 Å². The highest BCUT2D eigenvalue weighted by Gasteiger charge is 2.29. The summed E-state index contributed by atoms with van der Waals surface area (Å²) >= 11 is 1.69. The lowest BCUT2D eigenvalue weighted by Gasteiger charge is -2.28. The standard InChI is InChI=1S/C12H18N2S.ClH/c1-12(10-6-3-2-4-7-10)8-5-9-15-11(13)14-12;/h2-3,6H,4-5,7-9H2,1H3,(H2,13,14);1H. The van der Waals surface area contributed by atoms with Gasteiger partial charge < -0.3 is 5.73 Å². The summed E-state index contributed by atoms with van der Waals surface area (Å²) in [5.74, 6) is 1.11. The van der Waals surface area contributed by atoms with Crippen LogP contribution in [0.3, 0.4) is 0 Å². The molecule has 0 aromatic carbocycles. The van der Waals surface area contributed by atoms with Crippen LogP contribution in [0.5, 0.6) is 0 Å². The molecule has 1 aliphatic carbocycles. The van der Waals surface area contributed by atoms with Crippen LogP contribution in [0.2, 0.25) is 0 Å². The maximum absolute atomic E-state index is 5.88. The third-order valence-corrected chi connectivity index (χ3v) is 4.00. The molecule has 2 nitrogen and oxygen atoms in total. The molecule has 2 N–H and O–H groups in total. The molecule has 0 amide bonds. The second-order valence-corrected chi connectivity index (χ2v) is 5.45. The molecule has 0 aromatic heterocycles. The van der Waals surface area contributed by atoms with E-state index in [0.29, 0.717) is 0 Å². The molecule has 1 heterocycles. The van der Waals surface area contributed by atoms with E-state index in [1.807, 2.05) is 0 Å². The lowest BCUT2D eigenvalue weighted by molar-refractivity contribution is 0.488. The fourth-order valence-electron chi connectivity index (χ4n) is 2.21. The molecule has 1 atom stereocenters. The number of hydrogen-bond donors (Lipinski definition) is 1. The molecule has 2 rings (SSSR count). The zero-order valence-electron chi connectivity index (χ0n) is 9.61. The van der Waals surface area contributed by atoms with Crippen molar-refractivity contribution in [3.8, 4) is 0 Å². The Labute approximate surface area is 108 Å². The van der Waals surface area contributed by atoms with E-state index in [2.05, 4.69) is 30.1 Å². The molecule has 90 valence electrons. The fourth-order valence-corrected chi connectivity index (χ4v) is 2.97. The molecule has 0 radical (unpaired) electrons. The minimum absolute atomic E-state index is 0. The van der Waals surface area contributed by atoms with Gasteiger partial charge in [0.05, 0.1) is 5.54 Å². The zero-order valence-corrected chi connectivity index (χ0v) is 11.2. The maximum atomic E-state index is 5.88. The Hall–Kier alpha value is -0.410. The predicted molar refractivity (Wildman–Crippen MR) is 75.4 cm³/mol. The lowest BCUT2D eigenvalue weighted by atomic mass is 9.83. The Morgan fingerprint density at radius 1 is 1.50 bits per heavy atom. The molecule has 1 unspecified atom stereocenters. The van der Waals surface area contributed by atoms with Crippen molar-refractivity contribution in [2.75, 3.05) is 5.75 Å². The van der Waals surface area contributed by atoms with Crippen molar-refractivity contribution in [3.63, 3.8) is 0 Å². The summed E-state index contributed by atoms with van der Waals surface area (Å²) in [5.41, 5.74) is 7.28. The minimum atomic E-state index is -0.0433. The van der Waals surface area contributed by atoms with E-state index in [9.17, 15) is 0 Å². The number of nitrogens with zero attached hydrogens (tertiary/aromatic N) is 1. The topological polar surface area (TPSA) is 38.4 Å². The molecule has 0 aromatic rings. The first-order valence-electron chi connectivity index (χ1n) is 5.55. The predicted octanol–water partition coefficient (Wildman–Crippen LogP) is 3.29. The van der Waals surface area contributed by atoms with E-state index < -0.39 is 0 Å². The van der Waals surface area contributed by atoms with Crippen molar-refractivity contribution in [3.05, 3.63) is 23.8 Å². The maximum Gasteiger partial charge on any atom is 0.154 e. The number of aliphatic imine (C=N–C) groups is 1. The molecule has 2 aliphatic rings. The average Bonchev–Trinajstić information content (AvgIpc) is 2.42. The SMILES string of the molecule is CC1(C2=CC=CCC2)CCCSC(N)=N1.Cl. The van der Waals surface area contributed by atoms with Crippen LogP contribution in [-0.4, -0.2) is 16.5 Å². The Morgan fingerprint density at radius 2 is 2.31 bits per heavy atom. The highest BCUT2D eigenvalue weighted by atomic mass is 35.5. The highest BCUT2D eigenvalue weighted by molar-refractivity contribution is 8.13. The molecular formula is C12H19ClN2S. The van der Waals surface area contributed by atoms with Gasteiger partial charge in [-0.05, 0) is 38.2 Å². The van der Waals surface area contributed by atoms with Gasteiger partial charge >= 0.3 is 0 Å². The zero-order chi connectivity index (χ0) is 10.7. The number of rotatable bonds is 1. The molecule has 0 saturated heterocycles. The van der Waals surface area contributed by atoms with Gasteiger partial charge in [0, 0.05) is 5.75 Å². The van der Waals surface area contributed by atoms with Crippen LogP contribution in [0.1, 0.15) is 32.6 Å². The summed E-state index contributed by atoms with van der Waals surface area (Å²) < 4.78 is 0. The quantitative estimate of drug-likeness (QED) is 0.784. The first-order valence-corrected chi connectivity index (χ1v) is 6.53. The Bertz CT molecular complexity index is 336. The van der Waals surface area contributed by atoms with Crippen LogP contribution in [0, 0.1) is 0 Å². The van der Waals surface area contributed by atoms with E-state index in [1.165, 1.54) is 12.0 Å². The molecule has 4 heteroatoms. The lowest BCUT2D eigenvalue weighted by Crippen LogP contribution is -2.27. The van der Waals surface area contributed by atoms with Crippen LogP contribution in [0.15, 0.2) is 28.8 Å². The largest absolute Gasteiger partial charge is 0.379 e. The molecule has 0 fully saturated rings. The number of halogens is 1. The second kappa shape index (κ2) is 5.78. The van der Waals surface area contributed by atoms with Crippen molar-refractivity contribution in [2.45, 2.75) is 38.1 Å². The number of allylic oxidation sites excluding steroid dienone is 3. The summed E-state index contributed by atoms with van der Waals surface area (Å²) in [4.78, 5) is 4.69. The Kier molecular flexibility index (Phi) is 4.93. The second-order valence-electron chi connectivity index (χ2n) is 4.33. The minimum Gasteiger partial charge on any atom is -0.379 e. The molecule has 16 heavy (non-hydrogen) atoms. The van der Waals surface area contributed by atoms with Crippen molar-refractivity contribution in [1.82, 2.24) is 0 Å². The van der Waals surface area contributed by atoms with Crippen LogP contribution >= 0.6 is 24.2 Å². The summed E-state index contributed by atoms with van der Waals surface area (Å²) in [7, 11) is 0. The monoisotopic (exact) mass is 258 g/mol. The van der Waals surface area contributed by atoms with E-state index in [1.54, 1.807) is 11.8 Å². The van der Waals surface area contributed by atoms with Gasteiger partial charge in [0.2, 0.25) is 0 Å². The first-order chi connectivity index (χ1) is 7.21. The van der Waals surface area contributed by atoms with Gasteiger partial charge in [0.1, 0.15) is 0 Å². The molecule has 0 spiro atoms. The summed E-state index contributed by atoms with van der Waals surface area (Å²) in [6.07, 6.45) is 11.2. The number of amidine groups is 1. The van der Waals surface area contributed by atoms with Crippen LogP contribution in [0.25, 0.3) is 0 Å². The molecule has 0 bridgehead atoms. The van der Waals surface area contributed by atoms with E-state index >= 15 is 0 Å². The van der Waals surface area contributed by atoms with E-state index in [4.69, 9.17) is 5.73 Å². The van der Waals surface area contributed by atoms with Gasteiger partial charge in [0.15, 0.2) is 5.17 Å². The van der Waals surface area contributed by atoms with Gasteiger partial charge in [-0.2, -0.15) is 0 Å². The normalized spacial score (nSPS) is 29.8. The molecular weight excluding hydrogens is 240 g/mol. The van der Waals surface area contributed by atoms with Crippen LogP contribution in [-0.2, 0) is 0 Å². The highest BCUT2D eigenvalue weighted by Crippen LogP contribution is 2.35. The van der Waals surface area contributed by atoms with E-state index in [-0.39, 0.29) is 17.9 Å². The van der Waals surface area contributed by atoms with Gasteiger partial charge in [0.25, 0.3) is 0 Å². The molecule has 1 aliphatic heterocycles. The smallest absolute Gasteiger partial charge is 0.154 e. The summed E-state index contributed by atoms with van der Waals surface area (Å²) in [6.45, 7) is 2.22. The number of hydrogen-bond acceptors (Lipinski definition) is 3. The van der Waals surface area contributed by atoms with Crippen molar-refractivity contribution in [2.24, 2.45) is 10.7 Å². The van der Waals surface area contributed by atoms with Crippen molar-refractivity contribution < 1.29 is 0 Å². The third-order valence-electron chi connectivity index (χ3n) is 3.12. The Morgan fingerprint density at radius 3 is 3.00 bits per heavy atom. The van der Waals surface area contributed by atoms with Gasteiger partial charge in [-0.15, -0.1) is 12.4 Å². The number of thioether (sulfide) groups is 1. The fraction of sp³-hybridized carbons (Fsp3) is 0.583. The van der Waals surface area contributed by atoms with Crippen LogP contribution < -0.4 is 5.73 Å². The first kappa shape index (κ1) is 13.7. The van der Waals surface area contributed by atoms with Crippen molar-refractivity contribution in [1.29, 1.82) is 0 Å². The van der Waals surface area contributed by atoms with E-state index in [0.717, 1.165) is 30.2 Å². The third kappa shape index (κ3) is 3.05. The Balaban J connectivity index is 0.00000128. The van der Waals surface area contributed by atoms with Gasteiger partial charge in [-0.3, -0.25) is 4.99 Å². The summed E-state index contributed by atoms with van der Waals surface area (Å²) in [6, 6.07) is 0. The van der Waals surface area contributed by atoms with Gasteiger partial charge in [-0.1, -0.05) is 30.0 Å². The molecule has 0 saturated carbocycles. The average molecular weight is 259 g/mol.